The van der Waals surface area contributed by atoms with Crippen molar-refractivity contribution in [1.82, 2.24) is 4.57 Å². The smallest absolute Gasteiger partial charge is 0.325 e. The Bertz CT molecular complexity index is 1360. The number of ether oxygens (including phenoxy) is 5. The van der Waals surface area contributed by atoms with E-state index < -0.39 is 11.9 Å². The van der Waals surface area contributed by atoms with E-state index in [0.29, 0.717) is 39.4 Å². The molecule has 0 aliphatic carbocycles. The number of thiazole rings is 1. The second-order valence-electron chi connectivity index (χ2n) is 7.86. The van der Waals surface area contributed by atoms with Crippen molar-refractivity contribution in [1.29, 1.82) is 0 Å². The summed E-state index contributed by atoms with van der Waals surface area (Å²) in [4.78, 5) is 40.5. The van der Waals surface area contributed by atoms with Gasteiger partial charge in [0.1, 0.15) is 18.1 Å². The lowest BCUT2D eigenvalue weighted by Gasteiger charge is -2.32. The summed E-state index contributed by atoms with van der Waals surface area (Å²) in [5.74, 6) is 1.16. The molecule has 0 bridgehead atoms. The molecule has 2 aromatic carbocycles. The second-order valence-corrected chi connectivity index (χ2v) is 8.85. The number of carbonyl (C=O) groups excluding carboxylic acids is 2. The number of carbonyl (C=O) groups is 2. The van der Waals surface area contributed by atoms with Crippen molar-refractivity contribution in [3.05, 3.63) is 56.5 Å². The molecule has 2 aliphatic rings. The van der Waals surface area contributed by atoms with Gasteiger partial charge in [-0.25, -0.2) is 0 Å². The van der Waals surface area contributed by atoms with E-state index in [4.69, 9.17) is 23.7 Å². The summed E-state index contributed by atoms with van der Waals surface area (Å²) in [6, 6.07) is 10.5. The van der Waals surface area contributed by atoms with E-state index in [-0.39, 0.29) is 30.5 Å². The van der Waals surface area contributed by atoms with Gasteiger partial charge >= 0.3 is 10.8 Å². The highest BCUT2D eigenvalue weighted by Crippen LogP contribution is 2.49. The van der Waals surface area contributed by atoms with E-state index in [1.807, 2.05) is 0 Å². The van der Waals surface area contributed by atoms with Gasteiger partial charge in [0.15, 0.2) is 11.5 Å². The first kappa shape index (κ1) is 22.8. The highest BCUT2D eigenvalue weighted by molar-refractivity contribution is 7.10. The van der Waals surface area contributed by atoms with Crippen LogP contribution >= 0.6 is 11.3 Å². The summed E-state index contributed by atoms with van der Waals surface area (Å²) in [6.45, 7) is -0.254. The molecule has 0 fully saturated rings. The zero-order valence-corrected chi connectivity index (χ0v) is 20.0. The van der Waals surface area contributed by atoms with Crippen LogP contribution in [0.5, 0.6) is 23.0 Å². The fourth-order valence-electron chi connectivity index (χ4n) is 4.30. The van der Waals surface area contributed by atoms with Crippen LogP contribution in [0.1, 0.15) is 22.8 Å². The number of hydrogen-bond acceptors (Lipinski definition) is 9. The number of fused-ring (bicyclic) bond motifs is 2. The maximum absolute atomic E-state index is 13.6. The fraction of sp³-hybridized carbons (Fsp3) is 0.292. The number of methoxy groups -OCH3 is 3. The molecule has 11 heteroatoms. The molecule has 3 aromatic rings. The second kappa shape index (κ2) is 8.99. The van der Waals surface area contributed by atoms with Gasteiger partial charge in [0.2, 0.25) is 18.4 Å². The zero-order chi connectivity index (χ0) is 24.7. The van der Waals surface area contributed by atoms with Crippen LogP contribution in [-0.4, -0.2) is 44.6 Å². The van der Waals surface area contributed by atoms with Crippen molar-refractivity contribution in [2.24, 2.45) is 0 Å². The number of benzene rings is 2. The number of aromatic nitrogens is 1. The Morgan fingerprint density at radius 3 is 2.54 bits per heavy atom. The molecular weight excluding hydrogens is 476 g/mol. The van der Waals surface area contributed by atoms with Crippen molar-refractivity contribution >= 4 is 34.7 Å². The minimum atomic E-state index is -0.596. The normalized spacial score (nSPS) is 16.1. The minimum Gasteiger partial charge on any atom is -0.497 e. The van der Waals surface area contributed by atoms with Crippen molar-refractivity contribution in [2.75, 3.05) is 33.0 Å². The standard InChI is InChI=1S/C24H22N2O8S/c1-30-15-6-4-14(5-7-15)26-19(27)10-16(13-8-17(31-2)21-18(9-13)33-12-34-21)22-23(26)25(24(29)35-22)11-20(28)32-3/h4-9,16H,10-12H2,1-3H3. The number of hydrogen-bond donors (Lipinski definition) is 0. The van der Waals surface area contributed by atoms with Crippen LogP contribution in [0.4, 0.5) is 11.5 Å². The monoisotopic (exact) mass is 498 g/mol. The van der Waals surface area contributed by atoms with Crippen LogP contribution in [0.15, 0.2) is 41.2 Å². The third-order valence-electron chi connectivity index (χ3n) is 5.98. The molecule has 35 heavy (non-hydrogen) atoms. The Kier molecular flexibility index (Phi) is 5.85. The largest absolute Gasteiger partial charge is 0.497 e. The fourth-order valence-corrected chi connectivity index (χ4v) is 5.40. The molecule has 5 rings (SSSR count). The van der Waals surface area contributed by atoms with E-state index in [9.17, 15) is 14.4 Å². The maximum Gasteiger partial charge on any atom is 0.325 e. The molecule has 0 radical (unpaired) electrons. The van der Waals surface area contributed by atoms with Gasteiger partial charge in [0.25, 0.3) is 0 Å². The van der Waals surface area contributed by atoms with Gasteiger partial charge in [-0.2, -0.15) is 0 Å². The van der Waals surface area contributed by atoms with Crippen molar-refractivity contribution in [3.8, 4) is 23.0 Å². The van der Waals surface area contributed by atoms with E-state index in [0.717, 1.165) is 16.9 Å². The molecule has 182 valence electrons. The van der Waals surface area contributed by atoms with Gasteiger partial charge in [-0.1, -0.05) is 11.3 Å². The van der Waals surface area contributed by atoms with Gasteiger partial charge in [-0.3, -0.25) is 23.9 Å². The third kappa shape index (κ3) is 3.87. The van der Waals surface area contributed by atoms with E-state index in [1.165, 1.54) is 23.7 Å². The summed E-state index contributed by atoms with van der Waals surface area (Å²) in [7, 11) is 4.33. The molecule has 1 atom stereocenters. The summed E-state index contributed by atoms with van der Waals surface area (Å²) in [5.41, 5.74) is 1.29. The predicted octanol–water partition coefficient (Wildman–Crippen LogP) is 3.03. The van der Waals surface area contributed by atoms with Crippen molar-refractivity contribution in [3.63, 3.8) is 0 Å². The highest BCUT2D eigenvalue weighted by atomic mass is 32.1. The number of esters is 1. The molecular formula is C24H22N2O8S. The summed E-state index contributed by atoms with van der Waals surface area (Å²) in [5, 5.41) is 0. The van der Waals surface area contributed by atoms with Gasteiger partial charge in [0, 0.05) is 12.3 Å². The van der Waals surface area contributed by atoms with Crippen LogP contribution in [0.25, 0.3) is 0 Å². The molecule has 0 spiro atoms. The lowest BCUT2D eigenvalue weighted by molar-refractivity contribution is -0.141. The van der Waals surface area contributed by atoms with Crippen LogP contribution in [0, 0.1) is 0 Å². The lowest BCUT2D eigenvalue weighted by Crippen LogP contribution is -2.36. The zero-order valence-electron chi connectivity index (χ0n) is 19.2. The minimum absolute atomic E-state index is 0.0675. The Balaban J connectivity index is 1.68. The van der Waals surface area contributed by atoms with Crippen molar-refractivity contribution < 1.29 is 33.3 Å². The molecule has 1 amide bonds. The van der Waals surface area contributed by atoms with Crippen LogP contribution < -0.4 is 28.7 Å². The topological polar surface area (TPSA) is 106 Å². The Labute approximate surface area is 204 Å². The molecule has 10 nitrogen and oxygen atoms in total. The highest BCUT2D eigenvalue weighted by Gasteiger charge is 2.39. The van der Waals surface area contributed by atoms with Crippen LogP contribution in [0.3, 0.4) is 0 Å². The maximum atomic E-state index is 13.6. The number of rotatable bonds is 6. The Morgan fingerprint density at radius 2 is 1.86 bits per heavy atom. The van der Waals surface area contributed by atoms with Crippen molar-refractivity contribution in [2.45, 2.75) is 18.9 Å². The van der Waals surface area contributed by atoms with E-state index in [2.05, 4.69) is 0 Å². The van der Waals surface area contributed by atoms with Gasteiger partial charge in [0.05, 0.1) is 31.9 Å². The Morgan fingerprint density at radius 1 is 1.09 bits per heavy atom. The van der Waals surface area contributed by atoms with Gasteiger partial charge < -0.3 is 23.7 Å². The molecule has 2 aliphatic heterocycles. The quantitative estimate of drug-likeness (QED) is 0.478. The summed E-state index contributed by atoms with van der Waals surface area (Å²) < 4.78 is 27.8. The van der Waals surface area contributed by atoms with Crippen LogP contribution in [-0.2, 0) is 20.9 Å². The molecule has 1 unspecified atom stereocenters. The van der Waals surface area contributed by atoms with Crippen LogP contribution in [0.2, 0.25) is 0 Å². The first-order valence-corrected chi connectivity index (χ1v) is 11.5. The number of nitrogens with zero attached hydrogens (tertiary/aromatic N) is 2. The van der Waals surface area contributed by atoms with Gasteiger partial charge in [-0.05, 0) is 42.0 Å². The first-order chi connectivity index (χ1) is 16.9. The first-order valence-electron chi connectivity index (χ1n) is 10.7. The Hall–Kier alpha value is -3.99. The summed E-state index contributed by atoms with van der Waals surface area (Å²) in [6.07, 6.45) is 0.0972. The number of anilines is 2. The lowest BCUT2D eigenvalue weighted by atomic mass is 9.90. The SMILES string of the molecule is COC(=O)Cn1c2c(sc1=O)C(c1cc(OC)c3c(c1)OCO3)CC(=O)N2c1ccc(OC)cc1. The average molecular weight is 499 g/mol. The predicted molar refractivity (Wildman–Crippen MR) is 126 cm³/mol. The number of amides is 1. The van der Waals surface area contributed by atoms with Gasteiger partial charge in [-0.15, -0.1) is 0 Å². The average Bonchev–Trinajstić information content (AvgIpc) is 3.47. The third-order valence-corrected chi connectivity index (χ3v) is 7.06. The van der Waals surface area contributed by atoms with E-state index >= 15 is 0 Å². The molecule has 0 N–H and O–H groups in total. The summed E-state index contributed by atoms with van der Waals surface area (Å²) >= 11 is 0.995. The molecule has 1 aromatic heterocycles. The molecule has 0 saturated heterocycles. The molecule has 0 saturated carbocycles. The molecule has 3 heterocycles. The van der Waals surface area contributed by atoms with E-state index in [1.54, 1.807) is 43.5 Å².